The Hall–Kier alpha value is -1.33. The molecule has 5 heteroatoms. The van der Waals surface area contributed by atoms with Crippen LogP contribution in [-0.4, -0.2) is 48.3 Å². The number of methoxy groups -OCH3 is 1. The van der Waals surface area contributed by atoms with E-state index in [1.165, 1.54) is 13.3 Å². The van der Waals surface area contributed by atoms with Crippen LogP contribution in [0.5, 0.6) is 11.5 Å². The quantitative estimate of drug-likeness (QED) is 0.682. The first-order valence-corrected chi connectivity index (χ1v) is 6.36. The van der Waals surface area contributed by atoms with Crippen molar-refractivity contribution in [1.29, 1.82) is 0 Å². The number of likely N-dealkylation sites (N-methyl/N-ethyl adjacent to an activating group) is 1. The van der Waals surface area contributed by atoms with E-state index in [4.69, 9.17) is 4.74 Å². The minimum atomic E-state index is 0.0735. The molecule has 0 aliphatic carbocycles. The Morgan fingerprint density at radius 2 is 2.11 bits per heavy atom. The number of aromatic hydroxyl groups is 1. The first kappa shape index (κ1) is 14.7. The number of nitrogens with zero attached hydrogens (tertiary/aromatic N) is 2. The van der Waals surface area contributed by atoms with Crippen LogP contribution in [0.4, 0.5) is 0 Å². The van der Waals surface area contributed by atoms with Crippen LogP contribution >= 0.6 is 0 Å². The van der Waals surface area contributed by atoms with Crippen molar-refractivity contribution in [3.05, 3.63) is 18.0 Å². The summed E-state index contributed by atoms with van der Waals surface area (Å²) in [6.07, 6.45) is 1.42. The number of hydrogen-bond donors (Lipinski definition) is 2. The second kappa shape index (κ2) is 7.89. The molecule has 0 saturated carbocycles. The zero-order chi connectivity index (χ0) is 13.4. The highest BCUT2D eigenvalue weighted by molar-refractivity contribution is 5.37. The molecule has 5 nitrogen and oxygen atoms in total. The maximum atomic E-state index is 9.43. The zero-order valence-electron chi connectivity index (χ0n) is 11.4. The normalized spacial score (nSPS) is 10.9. The summed E-state index contributed by atoms with van der Waals surface area (Å²) in [4.78, 5) is 6.50. The van der Waals surface area contributed by atoms with Crippen molar-refractivity contribution >= 4 is 0 Å². The Balaban J connectivity index is 2.35. The maximum absolute atomic E-state index is 9.43. The van der Waals surface area contributed by atoms with Gasteiger partial charge < -0.3 is 20.1 Å². The van der Waals surface area contributed by atoms with Crippen LogP contribution in [0.1, 0.15) is 19.5 Å². The molecule has 0 unspecified atom stereocenters. The van der Waals surface area contributed by atoms with Gasteiger partial charge in [-0.15, -0.1) is 0 Å². The lowest BCUT2D eigenvalue weighted by atomic mass is 10.3. The third kappa shape index (κ3) is 4.50. The van der Waals surface area contributed by atoms with Gasteiger partial charge in [-0.1, -0.05) is 13.8 Å². The molecule has 0 radical (unpaired) electrons. The van der Waals surface area contributed by atoms with E-state index in [2.05, 4.69) is 29.0 Å². The molecule has 0 atom stereocenters. The van der Waals surface area contributed by atoms with Crippen LogP contribution in [-0.2, 0) is 6.54 Å². The molecule has 0 aliphatic rings. The molecule has 1 rings (SSSR count). The molecule has 0 aliphatic heterocycles. The van der Waals surface area contributed by atoms with E-state index >= 15 is 0 Å². The SMILES string of the molecule is CCN(CC)CCNCc1cc(OC)c(O)cn1. The zero-order valence-corrected chi connectivity index (χ0v) is 11.4. The Labute approximate surface area is 109 Å². The van der Waals surface area contributed by atoms with Crippen LogP contribution in [0.25, 0.3) is 0 Å². The minimum absolute atomic E-state index is 0.0735. The summed E-state index contributed by atoms with van der Waals surface area (Å²) in [5.41, 5.74) is 0.865. The number of ether oxygens (including phenoxy) is 1. The van der Waals surface area contributed by atoms with E-state index in [-0.39, 0.29) is 5.75 Å². The van der Waals surface area contributed by atoms with Crippen molar-refractivity contribution < 1.29 is 9.84 Å². The summed E-state index contributed by atoms with van der Waals surface area (Å²) in [5.74, 6) is 0.537. The fraction of sp³-hybridized carbons (Fsp3) is 0.615. The van der Waals surface area contributed by atoms with Crippen LogP contribution in [0, 0.1) is 0 Å². The van der Waals surface area contributed by atoms with E-state index in [0.29, 0.717) is 12.3 Å². The van der Waals surface area contributed by atoms with Gasteiger partial charge in [-0.2, -0.15) is 0 Å². The Morgan fingerprint density at radius 1 is 1.39 bits per heavy atom. The Kier molecular flexibility index (Phi) is 6.46. The highest BCUT2D eigenvalue weighted by Gasteiger charge is 2.04. The molecule has 1 aromatic rings. The van der Waals surface area contributed by atoms with Crippen LogP contribution < -0.4 is 10.1 Å². The van der Waals surface area contributed by atoms with E-state index in [9.17, 15) is 5.11 Å². The average Bonchev–Trinajstić information content (AvgIpc) is 2.40. The fourth-order valence-electron chi connectivity index (χ4n) is 1.72. The average molecular weight is 253 g/mol. The molecule has 2 N–H and O–H groups in total. The lowest BCUT2D eigenvalue weighted by Gasteiger charge is -2.17. The van der Waals surface area contributed by atoms with Gasteiger partial charge in [0.15, 0.2) is 11.5 Å². The summed E-state index contributed by atoms with van der Waals surface area (Å²) >= 11 is 0. The summed E-state index contributed by atoms with van der Waals surface area (Å²) in [5, 5.41) is 12.8. The highest BCUT2D eigenvalue weighted by Crippen LogP contribution is 2.24. The number of aromatic nitrogens is 1. The number of rotatable bonds is 8. The van der Waals surface area contributed by atoms with Gasteiger partial charge in [-0.25, -0.2) is 0 Å². The standard InChI is InChI=1S/C13H23N3O2/c1-4-16(5-2)7-6-14-9-11-8-13(18-3)12(17)10-15-11/h8,10,14,17H,4-7,9H2,1-3H3. The van der Waals surface area contributed by atoms with Crippen molar-refractivity contribution in [3.63, 3.8) is 0 Å². The number of hydrogen-bond acceptors (Lipinski definition) is 5. The van der Waals surface area contributed by atoms with Crippen molar-refractivity contribution in [2.45, 2.75) is 20.4 Å². The van der Waals surface area contributed by atoms with Gasteiger partial charge in [0, 0.05) is 25.7 Å². The largest absolute Gasteiger partial charge is 0.503 e. The van der Waals surface area contributed by atoms with Crippen LogP contribution in [0.2, 0.25) is 0 Å². The first-order chi connectivity index (χ1) is 8.71. The third-order valence-electron chi connectivity index (χ3n) is 2.93. The van der Waals surface area contributed by atoms with E-state index in [1.807, 2.05) is 0 Å². The fourth-order valence-corrected chi connectivity index (χ4v) is 1.72. The van der Waals surface area contributed by atoms with Crippen molar-refractivity contribution in [3.8, 4) is 11.5 Å². The molecule has 18 heavy (non-hydrogen) atoms. The molecular weight excluding hydrogens is 230 g/mol. The Bertz CT molecular complexity index is 354. The van der Waals surface area contributed by atoms with Gasteiger partial charge in [0.25, 0.3) is 0 Å². The monoisotopic (exact) mass is 253 g/mol. The summed E-state index contributed by atoms with van der Waals surface area (Å²) in [6, 6.07) is 1.75. The predicted molar refractivity (Wildman–Crippen MR) is 71.9 cm³/mol. The molecule has 0 saturated heterocycles. The molecule has 0 aromatic carbocycles. The van der Waals surface area contributed by atoms with Gasteiger partial charge >= 0.3 is 0 Å². The highest BCUT2D eigenvalue weighted by atomic mass is 16.5. The van der Waals surface area contributed by atoms with E-state index < -0.39 is 0 Å². The number of nitrogens with one attached hydrogen (secondary N) is 1. The molecule has 1 heterocycles. The topological polar surface area (TPSA) is 57.6 Å². The molecule has 102 valence electrons. The second-order valence-corrected chi connectivity index (χ2v) is 4.05. The second-order valence-electron chi connectivity index (χ2n) is 4.05. The summed E-state index contributed by atoms with van der Waals surface area (Å²) in [6.45, 7) is 9.10. The Morgan fingerprint density at radius 3 is 2.72 bits per heavy atom. The van der Waals surface area contributed by atoms with Crippen LogP contribution in [0.3, 0.4) is 0 Å². The smallest absolute Gasteiger partial charge is 0.176 e. The summed E-state index contributed by atoms with van der Waals surface area (Å²) in [7, 11) is 1.53. The van der Waals surface area contributed by atoms with Crippen LogP contribution in [0.15, 0.2) is 12.3 Å². The molecular formula is C13H23N3O2. The molecule has 0 spiro atoms. The maximum Gasteiger partial charge on any atom is 0.176 e. The van der Waals surface area contributed by atoms with E-state index in [0.717, 1.165) is 31.9 Å². The summed E-state index contributed by atoms with van der Waals surface area (Å²) < 4.78 is 5.04. The lowest BCUT2D eigenvalue weighted by Crippen LogP contribution is -2.31. The van der Waals surface area contributed by atoms with Gasteiger partial charge in [0.1, 0.15) is 0 Å². The van der Waals surface area contributed by atoms with E-state index in [1.54, 1.807) is 6.07 Å². The number of pyridine rings is 1. The van der Waals surface area contributed by atoms with Gasteiger partial charge in [-0.3, -0.25) is 4.98 Å². The third-order valence-corrected chi connectivity index (χ3v) is 2.93. The molecule has 1 aromatic heterocycles. The molecule has 0 fully saturated rings. The van der Waals surface area contributed by atoms with Crippen molar-refractivity contribution in [2.75, 3.05) is 33.3 Å². The first-order valence-electron chi connectivity index (χ1n) is 6.36. The van der Waals surface area contributed by atoms with Gasteiger partial charge in [-0.05, 0) is 13.1 Å². The van der Waals surface area contributed by atoms with Gasteiger partial charge in [0.2, 0.25) is 0 Å². The van der Waals surface area contributed by atoms with Gasteiger partial charge in [0.05, 0.1) is 19.0 Å². The molecule has 0 amide bonds. The molecule has 0 bridgehead atoms. The lowest BCUT2D eigenvalue weighted by molar-refractivity contribution is 0.302. The predicted octanol–water partition coefficient (Wildman–Crippen LogP) is 1.23. The van der Waals surface area contributed by atoms with Crippen molar-refractivity contribution in [1.82, 2.24) is 15.2 Å². The van der Waals surface area contributed by atoms with Crippen molar-refractivity contribution in [2.24, 2.45) is 0 Å². The minimum Gasteiger partial charge on any atom is -0.503 e.